The third-order valence-electron chi connectivity index (χ3n) is 5.66. The molecule has 0 bridgehead atoms. The van der Waals surface area contributed by atoms with E-state index in [1.807, 2.05) is 13.0 Å². The van der Waals surface area contributed by atoms with Gasteiger partial charge >= 0.3 is 0 Å². The Bertz CT molecular complexity index is 1240. The van der Waals surface area contributed by atoms with Crippen LogP contribution in [-0.4, -0.2) is 40.9 Å². The zero-order chi connectivity index (χ0) is 23.5. The van der Waals surface area contributed by atoms with Gasteiger partial charge in [-0.2, -0.15) is 0 Å². The number of aryl methyl sites for hydroxylation is 1. The number of nitrogens with zero attached hydrogens (tertiary/aromatic N) is 2. The van der Waals surface area contributed by atoms with Crippen LogP contribution in [-0.2, 0) is 16.1 Å². The number of amides is 1. The summed E-state index contributed by atoms with van der Waals surface area (Å²) in [5.41, 5.74) is 2.70. The van der Waals surface area contributed by atoms with Crippen LogP contribution < -0.4 is 9.47 Å². The number of benzene rings is 2. The molecule has 3 aromatic rings. The zero-order valence-electron chi connectivity index (χ0n) is 18.6. The first-order chi connectivity index (χ1) is 15.9. The Morgan fingerprint density at radius 3 is 2.48 bits per heavy atom. The molecule has 7 heteroatoms. The smallest absolute Gasteiger partial charge is 0.295 e. The van der Waals surface area contributed by atoms with E-state index >= 15 is 0 Å². The molecule has 0 spiro atoms. The summed E-state index contributed by atoms with van der Waals surface area (Å²) in [5, 5.41) is 11.3. The van der Waals surface area contributed by atoms with E-state index in [1.165, 1.54) is 12.0 Å². The first-order valence-electron chi connectivity index (χ1n) is 10.4. The first-order valence-corrected chi connectivity index (χ1v) is 10.4. The van der Waals surface area contributed by atoms with Crippen molar-refractivity contribution in [2.24, 2.45) is 0 Å². The van der Waals surface area contributed by atoms with Crippen molar-refractivity contribution in [3.8, 4) is 11.5 Å². The number of carbonyl (C=O) groups excluding carboxylic acids is 2. The topological polar surface area (TPSA) is 89.0 Å². The lowest BCUT2D eigenvalue weighted by Gasteiger charge is -2.26. The summed E-state index contributed by atoms with van der Waals surface area (Å²) in [6.45, 7) is 2.05. The van der Waals surface area contributed by atoms with Gasteiger partial charge in [-0.1, -0.05) is 23.8 Å². The van der Waals surface area contributed by atoms with Crippen LogP contribution in [0.5, 0.6) is 11.5 Å². The number of Topliss-reactive ketones (excluding diaryl/α,β-unsaturated/α-hetero) is 1. The quantitative estimate of drug-likeness (QED) is 0.351. The van der Waals surface area contributed by atoms with Crippen molar-refractivity contribution in [2.75, 3.05) is 14.2 Å². The van der Waals surface area contributed by atoms with Gasteiger partial charge in [0.05, 0.1) is 31.4 Å². The third kappa shape index (κ3) is 4.17. The minimum absolute atomic E-state index is 0.00575. The van der Waals surface area contributed by atoms with Gasteiger partial charge in [-0.3, -0.25) is 14.6 Å². The van der Waals surface area contributed by atoms with Crippen molar-refractivity contribution in [1.82, 2.24) is 9.88 Å². The largest absolute Gasteiger partial charge is 0.507 e. The summed E-state index contributed by atoms with van der Waals surface area (Å²) in [6.07, 6.45) is 3.26. The summed E-state index contributed by atoms with van der Waals surface area (Å²) in [5.74, 6) is -0.734. The molecule has 1 aliphatic rings. The van der Waals surface area contributed by atoms with Crippen LogP contribution in [0.1, 0.15) is 28.3 Å². The highest BCUT2D eigenvalue weighted by Gasteiger charge is 2.46. The Balaban J connectivity index is 1.92. The van der Waals surface area contributed by atoms with E-state index in [1.54, 1.807) is 68.0 Å². The number of aliphatic hydroxyl groups excluding tert-OH is 1. The molecule has 1 unspecified atom stereocenters. The fourth-order valence-corrected chi connectivity index (χ4v) is 4.04. The molecule has 1 N–H and O–H groups in total. The average Bonchev–Trinajstić information content (AvgIpc) is 3.09. The van der Waals surface area contributed by atoms with Crippen LogP contribution in [0.25, 0.3) is 5.76 Å². The Morgan fingerprint density at radius 1 is 1.03 bits per heavy atom. The first kappa shape index (κ1) is 22.1. The summed E-state index contributed by atoms with van der Waals surface area (Å²) in [7, 11) is 3.04. The van der Waals surface area contributed by atoms with E-state index in [4.69, 9.17) is 9.47 Å². The Labute approximate surface area is 191 Å². The van der Waals surface area contributed by atoms with Gasteiger partial charge in [-0.15, -0.1) is 0 Å². The molecule has 1 atom stereocenters. The van der Waals surface area contributed by atoms with Crippen LogP contribution >= 0.6 is 0 Å². The minimum Gasteiger partial charge on any atom is -0.507 e. The van der Waals surface area contributed by atoms with Crippen molar-refractivity contribution < 1.29 is 24.2 Å². The van der Waals surface area contributed by atoms with Gasteiger partial charge in [-0.05, 0) is 54.4 Å². The summed E-state index contributed by atoms with van der Waals surface area (Å²) < 4.78 is 10.8. The van der Waals surface area contributed by atoms with Crippen LogP contribution in [0, 0.1) is 6.92 Å². The van der Waals surface area contributed by atoms with E-state index in [-0.39, 0.29) is 17.9 Å². The maximum absolute atomic E-state index is 13.2. The lowest BCUT2D eigenvalue weighted by Crippen LogP contribution is -2.29. The number of aliphatic hydroxyl groups is 1. The second kappa shape index (κ2) is 9.16. The lowest BCUT2D eigenvalue weighted by molar-refractivity contribution is -0.140. The van der Waals surface area contributed by atoms with E-state index in [0.29, 0.717) is 22.6 Å². The number of ether oxygens (including phenoxy) is 2. The van der Waals surface area contributed by atoms with E-state index in [9.17, 15) is 14.7 Å². The standard InChI is InChI=1S/C26H24N2O5/c1-16-7-8-21(33-3)20(13-16)24(29)22-23(18-5-4-6-19(14-18)32-2)28(26(31)25(22)30)15-17-9-11-27-12-10-17/h4-14,23,29H,15H2,1-3H3/b24-22+. The summed E-state index contributed by atoms with van der Waals surface area (Å²) >= 11 is 0. The fourth-order valence-electron chi connectivity index (χ4n) is 4.04. The van der Waals surface area contributed by atoms with E-state index in [2.05, 4.69) is 4.98 Å². The Hall–Kier alpha value is -4.13. The van der Waals surface area contributed by atoms with Gasteiger partial charge in [0.25, 0.3) is 11.7 Å². The van der Waals surface area contributed by atoms with Crippen molar-refractivity contribution in [3.63, 3.8) is 0 Å². The molecule has 168 valence electrons. The van der Waals surface area contributed by atoms with Gasteiger partial charge in [0.15, 0.2) is 0 Å². The fraction of sp³-hybridized carbons (Fsp3) is 0.192. The predicted octanol–water partition coefficient (Wildman–Crippen LogP) is 4.03. The number of hydrogen-bond acceptors (Lipinski definition) is 6. The number of ketones is 1. The Kier molecular flexibility index (Phi) is 6.13. The number of aromatic nitrogens is 1. The molecule has 1 saturated heterocycles. The number of carbonyl (C=O) groups is 2. The van der Waals surface area contributed by atoms with Gasteiger partial charge < -0.3 is 19.5 Å². The molecule has 0 aliphatic carbocycles. The van der Waals surface area contributed by atoms with Gasteiger partial charge in [0.2, 0.25) is 0 Å². The summed E-state index contributed by atoms with van der Waals surface area (Å²) in [6, 6.07) is 15.2. The van der Waals surface area contributed by atoms with Crippen molar-refractivity contribution >= 4 is 17.4 Å². The number of hydrogen-bond donors (Lipinski definition) is 1. The molecule has 1 amide bonds. The van der Waals surface area contributed by atoms with Crippen molar-refractivity contribution in [2.45, 2.75) is 19.5 Å². The molecule has 0 radical (unpaired) electrons. The number of pyridine rings is 1. The molecule has 33 heavy (non-hydrogen) atoms. The average molecular weight is 444 g/mol. The van der Waals surface area contributed by atoms with E-state index < -0.39 is 17.7 Å². The predicted molar refractivity (Wildman–Crippen MR) is 123 cm³/mol. The molecular weight excluding hydrogens is 420 g/mol. The van der Waals surface area contributed by atoms with Crippen molar-refractivity contribution in [3.05, 3.63) is 94.8 Å². The van der Waals surface area contributed by atoms with Gasteiger partial charge in [0.1, 0.15) is 17.3 Å². The van der Waals surface area contributed by atoms with Gasteiger partial charge in [-0.25, -0.2) is 0 Å². The SMILES string of the molecule is COc1cccc(C2/C(=C(\O)c3cc(C)ccc3OC)C(=O)C(=O)N2Cc2ccncc2)c1. The maximum Gasteiger partial charge on any atom is 0.295 e. The van der Waals surface area contributed by atoms with Crippen LogP contribution in [0.3, 0.4) is 0 Å². The monoisotopic (exact) mass is 444 g/mol. The lowest BCUT2D eigenvalue weighted by atomic mass is 9.94. The highest BCUT2D eigenvalue weighted by atomic mass is 16.5. The molecule has 4 rings (SSSR count). The molecule has 0 saturated carbocycles. The molecule has 2 aromatic carbocycles. The molecular formula is C26H24N2O5. The number of likely N-dealkylation sites (tertiary alicyclic amines) is 1. The van der Waals surface area contributed by atoms with Crippen LogP contribution in [0.2, 0.25) is 0 Å². The van der Waals surface area contributed by atoms with Crippen LogP contribution in [0.15, 0.2) is 72.6 Å². The molecule has 7 nitrogen and oxygen atoms in total. The second-order valence-corrected chi connectivity index (χ2v) is 7.76. The summed E-state index contributed by atoms with van der Waals surface area (Å²) in [4.78, 5) is 31.9. The minimum atomic E-state index is -0.807. The third-order valence-corrected chi connectivity index (χ3v) is 5.66. The Morgan fingerprint density at radius 2 is 1.79 bits per heavy atom. The molecule has 1 fully saturated rings. The van der Waals surface area contributed by atoms with Crippen LogP contribution in [0.4, 0.5) is 0 Å². The highest BCUT2D eigenvalue weighted by molar-refractivity contribution is 6.46. The number of methoxy groups -OCH3 is 2. The van der Waals surface area contributed by atoms with E-state index in [0.717, 1.165) is 11.1 Å². The zero-order valence-corrected chi connectivity index (χ0v) is 18.6. The second-order valence-electron chi connectivity index (χ2n) is 7.76. The van der Waals surface area contributed by atoms with Gasteiger partial charge in [0, 0.05) is 18.9 Å². The molecule has 2 heterocycles. The van der Waals surface area contributed by atoms with Crippen molar-refractivity contribution in [1.29, 1.82) is 0 Å². The molecule has 1 aromatic heterocycles. The highest BCUT2D eigenvalue weighted by Crippen LogP contribution is 2.42. The number of rotatable bonds is 6. The normalized spacial score (nSPS) is 17.3. The maximum atomic E-state index is 13.2. The molecule has 1 aliphatic heterocycles.